The van der Waals surface area contributed by atoms with Crippen molar-refractivity contribution in [3.05, 3.63) is 85.1 Å². The molecule has 0 amide bonds. The fraction of sp³-hybridized carbons (Fsp3) is 0.644. The van der Waals surface area contributed by atoms with Gasteiger partial charge in [0.15, 0.2) is 6.10 Å². The molecule has 0 saturated carbocycles. The smallest absolute Gasteiger partial charge is 0.306 e. The molecule has 0 fully saturated rings. The van der Waals surface area contributed by atoms with Gasteiger partial charge in [-0.3, -0.25) is 9.59 Å². The molecule has 0 heterocycles. The largest absolute Gasteiger partial charge is 0.462 e. The molecular weight excluding hydrogens is 620 g/mol. The molecule has 0 bridgehead atoms. The molecule has 0 aliphatic carbocycles. The number of ether oxygens (including phenoxy) is 2. The molecule has 0 radical (unpaired) electrons. The Balaban J connectivity index is 3.63. The van der Waals surface area contributed by atoms with E-state index in [0.717, 1.165) is 96.3 Å². The molecular formula is C45H74O5. The van der Waals surface area contributed by atoms with E-state index in [2.05, 4.69) is 98.9 Å². The third-order valence-electron chi connectivity index (χ3n) is 8.18. The van der Waals surface area contributed by atoms with E-state index in [4.69, 9.17) is 9.47 Å². The van der Waals surface area contributed by atoms with Crippen LogP contribution in [0.4, 0.5) is 0 Å². The molecule has 0 aliphatic rings. The average Bonchev–Trinajstić information content (AvgIpc) is 3.12. The van der Waals surface area contributed by atoms with Crippen LogP contribution in [0.5, 0.6) is 0 Å². The van der Waals surface area contributed by atoms with Crippen molar-refractivity contribution < 1.29 is 24.2 Å². The lowest BCUT2D eigenvalue weighted by molar-refractivity contribution is -0.161. The summed E-state index contributed by atoms with van der Waals surface area (Å²) in [5, 5.41) is 9.57. The predicted molar refractivity (Wildman–Crippen MR) is 214 cm³/mol. The van der Waals surface area contributed by atoms with Gasteiger partial charge < -0.3 is 14.6 Å². The number of rotatable bonds is 35. The molecule has 0 aliphatic heterocycles. The van der Waals surface area contributed by atoms with E-state index in [1.165, 1.54) is 44.9 Å². The van der Waals surface area contributed by atoms with E-state index >= 15 is 0 Å². The molecule has 5 heteroatoms. The number of unbranched alkanes of at least 4 members (excludes halogenated alkanes) is 13. The van der Waals surface area contributed by atoms with Crippen LogP contribution in [-0.2, 0) is 19.1 Å². The summed E-state index contributed by atoms with van der Waals surface area (Å²) in [7, 11) is 0. The topological polar surface area (TPSA) is 72.8 Å². The lowest BCUT2D eigenvalue weighted by Crippen LogP contribution is -2.28. The SMILES string of the molecule is CC/C=C\C/C=C\C/C=C\C/C=C\CCCCCCCCC(=O)OC(CO)COC(=O)CCCCCCCCC/C=C\C/C=C\C/C=C\CC. The molecule has 284 valence electrons. The van der Waals surface area contributed by atoms with Crippen LogP contribution < -0.4 is 0 Å². The fourth-order valence-corrected chi connectivity index (χ4v) is 5.21. The second-order valence-corrected chi connectivity index (χ2v) is 12.9. The van der Waals surface area contributed by atoms with Gasteiger partial charge in [0.25, 0.3) is 0 Å². The minimum atomic E-state index is -0.788. The lowest BCUT2D eigenvalue weighted by Gasteiger charge is -2.15. The molecule has 1 atom stereocenters. The Kier molecular flexibility index (Phi) is 38.1. The molecule has 50 heavy (non-hydrogen) atoms. The van der Waals surface area contributed by atoms with Crippen molar-refractivity contribution in [2.24, 2.45) is 0 Å². The van der Waals surface area contributed by atoms with Gasteiger partial charge in [-0.1, -0.05) is 157 Å². The van der Waals surface area contributed by atoms with Crippen molar-refractivity contribution in [2.75, 3.05) is 13.2 Å². The highest BCUT2D eigenvalue weighted by molar-refractivity contribution is 5.70. The number of carbonyl (C=O) groups is 2. The molecule has 0 spiro atoms. The molecule has 0 saturated heterocycles. The van der Waals surface area contributed by atoms with E-state index < -0.39 is 6.10 Å². The Hall–Kier alpha value is -2.92. The number of aliphatic hydroxyl groups excluding tert-OH is 1. The van der Waals surface area contributed by atoms with Gasteiger partial charge in [-0.05, 0) is 83.5 Å². The first kappa shape index (κ1) is 47.1. The number of hydrogen-bond acceptors (Lipinski definition) is 5. The van der Waals surface area contributed by atoms with Crippen LogP contribution in [0.2, 0.25) is 0 Å². The van der Waals surface area contributed by atoms with E-state index in [1.54, 1.807) is 0 Å². The fourth-order valence-electron chi connectivity index (χ4n) is 5.21. The maximum atomic E-state index is 12.2. The minimum absolute atomic E-state index is 0.0820. The van der Waals surface area contributed by atoms with Crippen LogP contribution in [0, 0.1) is 0 Å². The van der Waals surface area contributed by atoms with Crippen molar-refractivity contribution in [2.45, 2.75) is 174 Å². The van der Waals surface area contributed by atoms with Gasteiger partial charge in [0.2, 0.25) is 0 Å². The van der Waals surface area contributed by atoms with Crippen LogP contribution in [0.15, 0.2) is 85.1 Å². The summed E-state index contributed by atoms with van der Waals surface area (Å²) in [6.07, 6.45) is 55.0. The molecule has 5 nitrogen and oxygen atoms in total. The molecule has 0 aromatic rings. The van der Waals surface area contributed by atoms with Gasteiger partial charge in [0, 0.05) is 12.8 Å². The quantitative estimate of drug-likeness (QED) is 0.0406. The first-order valence-electron chi connectivity index (χ1n) is 20.1. The lowest BCUT2D eigenvalue weighted by atomic mass is 10.1. The maximum absolute atomic E-state index is 12.2. The Morgan fingerprint density at radius 2 is 0.800 bits per heavy atom. The monoisotopic (exact) mass is 695 g/mol. The number of esters is 2. The zero-order valence-electron chi connectivity index (χ0n) is 32.1. The molecule has 1 N–H and O–H groups in total. The summed E-state index contributed by atoms with van der Waals surface area (Å²) in [6.45, 7) is 3.88. The number of carbonyl (C=O) groups excluding carboxylic acids is 2. The Bertz CT molecular complexity index is 968. The minimum Gasteiger partial charge on any atom is -0.462 e. The van der Waals surface area contributed by atoms with Crippen LogP contribution in [0.1, 0.15) is 168 Å². The van der Waals surface area contributed by atoms with Crippen molar-refractivity contribution in [1.82, 2.24) is 0 Å². The summed E-state index contributed by atoms with van der Waals surface area (Å²) in [5.41, 5.74) is 0. The van der Waals surface area contributed by atoms with Crippen molar-refractivity contribution >= 4 is 11.9 Å². The first-order valence-corrected chi connectivity index (χ1v) is 20.1. The van der Waals surface area contributed by atoms with Gasteiger partial charge in [0.1, 0.15) is 6.61 Å². The predicted octanol–water partition coefficient (Wildman–Crippen LogP) is 12.7. The average molecular weight is 695 g/mol. The zero-order chi connectivity index (χ0) is 36.4. The zero-order valence-corrected chi connectivity index (χ0v) is 32.1. The van der Waals surface area contributed by atoms with Gasteiger partial charge >= 0.3 is 11.9 Å². The third kappa shape index (κ3) is 37.9. The van der Waals surface area contributed by atoms with Crippen molar-refractivity contribution in [1.29, 1.82) is 0 Å². The number of allylic oxidation sites excluding steroid dienone is 14. The highest BCUT2D eigenvalue weighted by atomic mass is 16.6. The Labute approximate surface area is 307 Å². The van der Waals surface area contributed by atoms with Gasteiger partial charge in [-0.2, -0.15) is 0 Å². The summed E-state index contributed by atoms with van der Waals surface area (Å²) < 4.78 is 10.6. The summed E-state index contributed by atoms with van der Waals surface area (Å²) in [6, 6.07) is 0. The molecule has 0 aromatic heterocycles. The standard InChI is InChI=1S/C45H74O5/c1-3-5-7-9-11-13-15-17-19-21-22-24-26-28-30-32-34-36-38-40-45(48)50-43(41-46)42-49-44(47)39-37-35-33-31-29-27-25-23-20-18-16-14-12-10-8-6-4-2/h5-8,11-14,17-20,22,24,43,46H,3-4,9-10,15-16,21,23,25-42H2,1-2H3/b7-5-,8-6-,13-11-,14-12-,19-17-,20-18-,24-22-. The van der Waals surface area contributed by atoms with Crippen LogP contribution in [-0.4, -0.2) is 36.4 Å². The van der Waals surface area contributed by atoms with Crippen molar-refractivity contribution in [3.63, 3.8) is 0 Å². The number of aliphatic hydroxyl groups is 1. The van der Waals surface area contributed by atoms with E-state index in [9.17, 15) is 14.7 Å². The van der Waals surface area contributed by atoms with Crippen LogP contribution >= 0.6 is 0 Å². The molecule has 0 aromatic carbocycles. The van der Waals surface area contributed by atoms with Gasteiger partial charge in [-0.15, -0.1) is 0 Å². The van der Waals surface area contributed by atoms with Crippen molar-refractivity contribution in [3.8, 4) is 0 Å². The molecule has 1 unspecified atom stereocenters. The highest BCUT2D eigenvalue weighted by Crippen LogP contribution is 2.12. The summed E-state index contributed by atoms with van der Waals surface area (Å²) in [4.78, 5) is 24.3. The van der Waals surface area contributed by atoms with Gasteiger partial charge in [-0.25, -0.2) is 0 Å². The van der Waals surface area contributed by atoms with Gasteiger partial charge in [0.05, 0.1) is 6.61 Å². The van der Waals surface area contributed by atoms with E-state index in [0.29, 0.717) is 12.8 Å². The second kappa shape index (κ2) is 40.5. The molecule has 0 rings (SSSR count). The Morgan fingerprint density at radius 1 is 0.460 bits per heavy atom. The third-order valence-corrected chi connectivity index (χ3v) is 8.18. The second-order valence-electron chi connectivity index (χ2n) is 12.9. The summed E-state index contributed by atoms with van der Waals surface area (Å²) in [5.74, 6) is -0.626. The normalized spacial score (nSPS) is 13.1. The Morgan fingerprint density at radius 3 is 1.20 bits per heavy atom. The highest BCUT2D eigenvalue weighted by Gasteiger charge is 2.16. The van der Waals surface area contributed by atoms with E-state index in [1.807, 2.05) is 0 Å². The summed E-state index contributed by atoms with van der Waals surface area (Å²) >= 11 is 0. The number of hydrogen-bond donors (Lipinski definition) is 1. The van der Waals surface area contributed by atoms with Crippen LogP contribution in [0.3, 0.4) is 0 Å². The first-order chi connectivity index (χ1) is 24.6. The van der Waals surface area contributed by atoms with Crippen LogP contribution in [0.25, 0.3) is 0 Å². The van der Waals surface area contributed by atoms with E-state index in [-0.39, 0.29) is 25.2 Å². The maximum Gasteiger partial charge on any atom is 0.306 e.